The van der Waals surface area contributed by atoms with Crippen LogP contribution in [0.3, 0.4) is 0 Å². The Morgan fingerprint density at radius 1 is 0.864 bits per heavy atom. The molecule has 0 unspecified atom stereocenters. The monoisotopic (exact) mass is 285 g/mol. The van der Waals surface area contributed by atoms with Crippen molar-refractivity contribution in [1.82, 2.24) is 0 Å². The van der Waals surface area contributed by atoms with Crippen LogP contribution >= 0.6 is 0 Å². The molecule has 0 aliphatic carbocycles. The van der Waals surface area contributed by atoms with Crippen molar-refractivity contribution < 1.29 is 0 Å². The number of fused-ring (bicyclic) bond motifs is 1. The molecular weight excluding hydrogens is 266 g/mol. The van der Waals surface area contributed by atoms with Crippen LogP contribution in [0.1, 0.15) is 6.92 Å². The fourth-order valence-electron chi connectivity index (χ4n) is 2.71. The number of hydrogen-bond donors (Lipinski definition) is 1. The predicted molar refractivity (Wildman–Crippen MR) is 97.0 cm³/mol. The van der Waals surface area contributed by atoms with Crippen molar-refractivity contribution in [2.24, 2.45) is 0 Å². The van der Waals surface area contributed by atoms with Gasteiger partial charge in [0, 0.05) is 16.8 Å². The van der Waals surface area contributed by atoms with Crippen LogP contribution in [0.2, 0.25) is 0 Å². The molecular formula is C21H19N. The normalized spacial score (nSPS) is 11.4. The lowest BCUT2D eigenvalue weighted by Crippen LogP contribution is -1.96. The number of hydrogen-bond acceptors (Lipinski definition) is 1. The van der Waals surface area contributed by atoms with E-state index in [1.165, 1.54) is 21.9 Å². The van der Waals surface area contributed by atoms with Gasteiger partial charge in [-0.1, -0.05) is 73.3 Å². The Bertz CT molecular complexity index is 829. The summed E-state index contributed by atoms with van der Waals surface area (Å²) in [6, 6.07) is 23.3. The van der Waals surface area contributed by atoms with Gasteiger partial charge >= 0.3 is 0 Å². The van der Waals surface area contributed by atoms with E-state index >= 15 is 0 Å². The highest BCUT2D eigenvalue weighted by Gasteiger charge is 2.07. The molecule has 0 fully saturated rings. The van der Waals surface area contributed by atoms with Gasteiger partial charge in [0.2, 0.25) is 0 Å². The van der Waals surface area contributed by atoms with E-state index in [1.54, 1.807) is 6.08 Å². The zero-order valence-corrected chi connectivity index (χ0v) is 12.7. The average Bonchev–Trinajstić information content (AvgIpc) is 2.56. The van der Waals surface area contributed by atoms with Crippen molar-refractivity contribution in [3.63, 3.8) is 0 Å². The smallest absolute Gasteiger partial charge is 0.0461 e. The molecule has 0 atom stereocenters. The van der Waals surface area contributed by atoms with Gasteiger partial charge in [-0.25, -0.2) is 0 Å². The molecule has 0 bridgehead atoms. The molecule has 3 aromatic carbocycles. The summed E-state index contributed by atoms with van der Waals surface area (Å²) < 4.78 is 0. The van der Waals surface area contributed by atoms with E-state index in [9.17, 15) is 0 Å². The number of benzene rings is 3. The van der Waals surface area contributed by atoms with E-state index in [4.69, 9.17) is 0 Å². The van der Waals surface area contributed by atoms with Crippen LogP contribution in [0, 0.1) is 0 Å². The first-order chi connectivity index (χ1) is 10.8. The van der Waals surface area contributed by atoms with E-state index in [1.807, 2.05) is 19.1 Å². The van der Waals surface area contributed by atoms with Gasteiger partial charge in [0.15, 0.2) is 0 Å². The van der Waals surface area contributed by atoms with Gasteiger partial charge in [0.05, 0.1) is 0 Å². The molecule has 0 aliphatic heterocycles. The second-order valence-corrected chi connectivity index (χ2v) is 5.28. The van der Waals surface area contributed by atoms with Crippen molar-refractivity contribution in [2.45, 2.75) is 6.92 Å². The summed E-state index contributed by atoms with van der Waals surface area (Å²) in [5.74, 6) is 0. The Balaban J connectivity index is 2.15. The van der Waals surface area contributed by atoms with E-state index in [-0.39, 0.29) is 0 Å². The van der Waals surface area contributed by atoms with Crippen LogP contribution in [0.15, 0.2) is 91.2 Å². The zero-order chi connectivity index (χ0) is 15.4. The van der Waals surface area contributed by atoms with Crippen LogP contribution in [0.25, 0.3) is 21.9 Å². The molecule has 3 aromatic rings. The molecule has 0 spiro atoms. The van der Waals surface area contributed by atoms with Crippen LogP contribution in [0.4, 0.5) is 5.69 Å². The van der Waals surface area contributed by atoms with Gasteiger partial charge in [-0.3, -0.25) is 0 Å². The highest BCUT2D eigenvalue weighted by molar-refractivity contribution is 6.03. The summed E-state index contributed by atoms with van der Waals surface area (Å²) in [6.07, 6.45) is 3.77. The summed E-state index contributed by atoms with van der Waals surface area (Å²) in [6.45, 7) is 5.79. The van der Waals surface area contributed by atoms with Crippen LogP contribution in [-0.2, 0) is 0 Å². The minimum atomic E-state index is 1.08. The first kappa shape index (κ1) is 14.2. The summed E-state index contributed by atoms with van der Waals surface area (Å²) in [7, 11) is 0. The molecule has 0 saturated carbocycles. The number of allylic oxidation sites excluding steroid dienone is 3. The Morgan fingerprint density at radius 3 is 2.27 bits per heavy atom. The maximum absolute atomic E-state index is 3.74. The molecule has 0 amide bonds. The molecule has 0 heterocycles. The quantitative estimate of drug-likeness (QED) is 0.579. The predicted octanol–water partition coefficient (Wildman–Crippen LogP) is 6.01. The van der Waals surface area contributed by atoms with Crippen molar-refractivity contribution in [3.8, 4) is 11.1 Å². The van der Waals surface area contributed by atoms with Crippen molar-refractivity contribution in [2.75, 3.05) is 5.32 Å². The third kappa shape index (κ3) is 2.79. The molecule has 22 heavy (non-hydrogen) atoms. The summed E-state index contributed by atoms with van der Waals surface area (Å²) >= 11 is 0. The van der Waals surface area contributed by atoms with Gasteiger partial charge in [-0.05, 0) is 35.6 Å². The fourth-order valence-corrected chi connectivity index (χ4v) is 2.71. The molecule has 0 radical (unpaired) electrons. The molecule has 0 aliphatic rings. The summed E-state index contributed by atoms with van der Waals surface area (Å²) in [5.41, 5.74) is 4.69. The highest BCUT2D eigenvalue weighted by atomic mass is 14.9. The molecule has 1 nitrogen and oxygen atoms in total. The minimum Gasteiger partial charge on any atom is -0.359 e. The van der Waals surface area contributed by atoms with Crippen LogP contribution in [-0.4, -0.2) is 0 Å². The van der Waals surface area contributed by atoms with Crippen LogP contribution < -0.4 is 5.32 Å². The van der Waals surface area contributed by atoms with Crippen LogP contribution in [0.5, 0.6) is 0 Å². The highest BCUT2D eigenvalue weighted by Crippen LogP contribution is 2.33. The average molecular weight is 285 g/mol. The van der Waals surface area contributed by atoms with Crippen molar-refractivity contribution in [1.29, 1.82) is 0 Å². The van der Waals surface area contributed by atoms with E-state index in [2.05, 4.69) is 72.6 Å². The topological polar surface area (TPSA) is 12.0 Å². The minimum absolute atomic E-state index is 1.08. The maximum Gasteiger partial charge on any atom is 0.0461 e. The van der Waals surface area contributed by atoms with E-state index < -0.39 is 0 Å². The molecule has 3 rings (SSSR count). The zero-order valence-electron chi connectivity index (χ0n) is 12.7. The Hall–Kier alpha value is -2.80. The molecule has 108 valence electrons. The van der Waals surface area contributed by atoms with Gasteiger partial charge < -0.3 is 5.32 Å². The van der Waals surface area contributed by atoms with Gasteiger partial charge in [-0.2, -0.15) is 0 Å². The van der Waals surface area contributed by atoms with Crippen molar-refractivity contribution in [3.05, 3.63) is 91.2 Å². The lowest BCUT2D eigenvalue weighted by molar-refractivity contribution is 1.39. The second kappa shape index (κ2) is 6.31. The summed E-state index contributed by atoms with van der Waals surface area (Å²) in [5, 5.41) is 5.93. The SMILES string of the molecule is C=C/C=C(\C)Nc1ccc(-c2ccccc2)c2ccccc12. The largest absolute Gasteiger partial charge is 0.359 e. The maximum atomic E-state index is 3.74. The Labute approximate surface area is 131 Å². The third-order valence-electron chi connectivity index (χ3n) is 3.71. The van der Waals surface area contributed by atoms with Gasteiger partial charge in [0.25, 0.3) is 0 Å². The Morgan fingerprint density at radius 2 is 1.55 bits per heavy atom. The second-order valence-electron chi connectivity index (χ2n) is 5.28. The molecule has 1 N–H and O–H groups in total. The number of nitrogens with one attached hydrogen (secondary N) is 1. The van der Waals surface area contributed by atoms with Gasteiger partial charge in [0.1, 0.15) is 0 Å². The lowest BCUT2D eigenvalue weighted by atomic mass is 9.97. The molecule has 0 aromatic heterocycles. The molecule has 0 saturated heterocycles. The third-order valence-corrected chi connectivity index (χ3v) is 3.71. The number of rotatable bonds is 4. The van der Waals surface area contributed by atoms with Gasteiger partial charge in [-0.15, -0.1) is 0 Å². The van der Waals surface area contributed by atoms with E-state index in [0.29, 0.717) is 0 Å². The summed E-state index contributed by atoms with van der Waals surface area (Å²) in [4.78, 5) is 0. The first-order valence-electron chi connectivity index (χ1n) is 7.43. The molecule has 1 heteroatoms. The lowest BCUT2D eigenvalue weighted by Gasteiger charge is -2.13. The standard InChI is InChI=1S/C21H19N/c1-3-9-16(2)22-21-15-14-18(17-10-5-4-6-11-17)19-12-7-8-13-20(19)21/h3-15,22H,1H2,2H3/b16-9+. The first-order valence-corrected chi connectivity index (χ1v) is 7.43. The fraction of sp³-hybridized carbons (Fsp3) is 0.0476. The van der Waals surface area contributed by atoms with E-state index in [0.717, 1.165) is 11.4 Å². The van der Waals surface area contributed by atoms with Crippen molar-refractivity contribution >= 4 is 16.5 Å². The Kier molecular flexibility index (Phi) is 4.06. The number of anilines is 1.